The summed E-state index contributed by atoms with van der Waals surface area (Å²) in [5, 5.41) is 3.32. The maximum atomic E-state index is 12.5. The third-order valence-corrected chi connectivity index (χ3v) is 5.41. The summed E-state index contributed by atoms with van der Waals surface area (Å²) in [5.74, 6) is 1.83. The smallest absolute Gasteiger partial charge is 0.291 e. The molecule has 1 saturated carbocycles. The summed E-state index contributed by atoms with van der Waals surface area (Å²) in [6.45, 7) is 3.39. The first-order valence-corrected chi connectivity index (χ1v) is 7.90. The molecule has 0 unspecified atom stereocenters. The molecule has 2 aliphatic heterocycles. The summed E-state index contributed by atoms with van der Waals surface area (Å²) in [7, 11) is 0. The van der Waals surface area contributed by atoms with Crippen molar-refractivity contribution in [3.05, 3.63) is 17.8 Å². The van der Waals surface area contributed by atoms with Gasteiger partial charge in [-0.2, -0.15) is 0 Å². The second kappa shape index (κ2) is 4.81. The fraction of sp³-hybridized carbons (Fsp3) is 0.733. The van der Waals surface area contributed by atoms with E-state index in [1.54, 1.807) is 6.20 Å². The Bertz CT molecular complexity index is 552. The van der Waals surface area contributed by atoms with Gasteiger partial charge in [-0.15, -0.1) is 0 Å². The van der Waals surface area contributed by atoms with Gasteiger partial charge in [-0.05, 0) is 44.7 Å². The third kappa shape index (κ3) is 2.17. The van der Waals surface area contributed by atoms with Crippen LogP contribution in [-0.2, 0) is 0 Å². The van der Waals surface area contributed by atoms with Crippen molar-refractivity contribution in [1.29, 1.82) is 0 Å². The first-order chi connectivity index (χ1) is 10.2. The topological polar surface area (TPSA) is 84.4 Å². The number of nitrogens with two attached hydrogens (primary N) is 1. The van der Waals surface area contributed by atoms with E-state index in [1.807, 2.05) is 4.90 Å². The van der Waals surface area contributed by atoms with Crippen molar-refractivity contribution in [1.82, 2.24) is 15.2 Å². The molecule has 1 aromatic rings. The van der Waals surface area contributed by atoms with Gasteiger partial charge in [0, 0.05) is 24.5 Å². The number of nitrogens with zero attached hydrogens (tertiary/aromatic N) is 2. The molecule has 0 aromatic carbocycles. The molecular formula is C15H22N4O2. The van der Waals surface area contributed by atoms with Gasteiger partial charge in [0.25, 0.3) is 5.91 Å². The highest BCUT2D eigenvalue weighted by molar-refractivity contribution is 5.91. The first kappa shape index (κ1) is 13.3. The van der Waals surface area contributed by atoms with Crippen LogP contribution in [0.25, 0.3) is 0 Å². The van der Waals surface area contributed by atoms with Crippen molar-refractivity contribution < 1.29 is 9.21 Å². The van der Waals surface area contributed by atoms with Gasteiger partial charge in [-0.25, -0.2) is 4.98 Å². The van der Waals surface area contributed by atoms with Crippen LogP contribution >= 0.6 is 0 Å². The summed E-state index contributed by atoms with van der Waals surface area (Å²) in [6.07, 6.45) is 5.79. The number of amides is 1. The van der Waals surface area contributed by atoms with Crippen LogP contribution < -0.4 is 11.1 Å². The highest BCUT2D eigenvalue weighted by Crippen LogP contribution is 2.42. The van der Waals surface area contributed by atoms with Crippen LogP contribution in [0.3, 0.4) is 0 Å². The molecule has 3 N–H and O–H groups in total. The average Bonchev–Trinajstić information content (AvgIpc) is 3.07. The van der Waals surface area contributed by atoms with E-state index in [0.29, 0.717) is 30.0 Å². The fourth-order valence-corrected chi connectivity index (χ4v) is 3.84. The number of hydrogen-bond acceptors (Lipinski definition) is 5. The largest absolute Gasteiger partial charge is 0.435 e. The molecule has 3 heterocycles. The van der Waals surface area contributed by atoms with Crippen molar-refractivity contribution >= 4 is 5.91 Å². The fourth-order valence-electron chi connectivity index (χ4n) is 3.84. The summed E-state index contributed by atoms with van der Waals surface area (Å²) >= 11 is 0. The quantitative estimate of drug-likeness (QED) is 0.838. The van der Waals surface area contributed by atoms with Crippen LogP contribution in [0.4, 0.5) is 0 Å². The van der Waals surface area contributed by atoms with Gasteiger partial charge >= 0.3 is 0 Å². The average molecular weight is 290 g/mol. The highest BCUT2D eigenvalue weighted by atomic mass is 16.4. The molecule has 6 nitrogen and oxygen atoms in total. The predicted molar refractivity (Wildman–Crippen MR) is 76.9 cm³/mol. The van der Waals surface area contributed by atoms with E-state index < -0.39 is 0 Å². The number of carbonyl (C=O) groups excluding carboxylic acids is 1. The van der Waals surface area contributed by atoms with Gasteiger partial charge < -0.3 is 20.4 Å². The Kier molecular flexibility index (Phi) is 3.04. The van der Waals surface area contributed by atoms with Crippen molar-refractivity contribution in [3.63, 3.8) is 0 Å². The van der Waals surface area contributed by atoms with Crippen LogP contribution in [0.1, 0.15) is 48.0 Å². The van der Waals surface area contributed by atoms with Gasteiger partial charge in [0.05, 0.1) is 6.20 Å². The van der Waals surface area contributed by atoms with Gasteiger partial charge in [0.2, 0.25) is 5.76 Å². The minimum atomic E-state index is -0.145. The Labute approximate surface area is 124 Å². The number of aromatic nitrogens is 1. The summed E-state index contributed by atoms with van der Waals surface area (Å²) < 4.78 is 5.75. The van der Waals surface area contributed by atoms with Crippen molar-refractivity contribution in [2.75, 3.05) is 26.2 Å². The minimum absolute atomic E-state index is 0.0538. The van der Waals surface area contributed by atoms with E-state index in [9.17, 15) is 4.79 Å². The SMILES string of the molecule is N[C@]12CC[C@H]1CN(C(=O)c1cnc(C3CCNCC3)o1)C2. The van der Waals surface area contributed by atoms with Crippen LogP contribution in [0.5, 0.6) is 0 Å². The molecule has 2 saturated heterocycles. The Morgan fingerprint density at radius 1 is 1.43 bits per heavy atom. The number of carbonyl (C=O) groups is 1. The van der Waals surface area contributed by atoms with Crippen molar-refractivity contribution in [2.45, 2.75) is 37.1 Å². The molecule has 3 aliphatic rings. The lowest BCUT2D eigenvalue weighted by molar-refractivity contribution is 0.0750. The molecule has 0 spiro atoms. The first-order valence-electron chi connectivity index (χ1n) is 7.90. The molecule has 2 atom stereocenters. The molecular weight excluding hydrogens is 268 g/mol. The van der Waals surface area contributed by atoms with E-state index in [2.05, 4.69) is 10.3 Å². The number of likely N-dealkylation sites (tertiary alicyclic amines) is 1. The van der Waals surface area contributed by atoms with Crippen LogP contribution in [0.15, 0.2) is 10.6 Å². The molecule has 21 heavy (non-hydrogen) atoms. The van der Waals surface area contributed by atoms with Crippen LogP contribution in [-0.4, -0.2) is 47.5 Å². The minimum Gasteiger partial charge on any atom is -0.435 e. The molecule has 0 bridgehead atoms. The number of piperidine rings is 1. The number of fused-ring (bicyclic) bond motifs is 1. The number of hydrogen-bond donors (Lipinski definition) is 2. The Balaban J connectivity index is 1.46. The predicted octanol–water partition coefficient (Wildman–Crippen LogP) is 0.705. The lowest BCUT2D eigenvalue weighted by atomic mass is 9.70. The maximum absolute atomic E-state index is 12.5. The van der Waals surface area contributed by atoms with Gasteiger partial charge in [0.1, 0.15) is 0 Å². The van der Waals surface area contributed by atoms with Gasteiger partial charge in [0.15, 0.2) is 5.89 Å². The second-order valence-corrected chi connectivity index (χ2v) is 6.74. The Morgan fingerprint density at radius 2 is 2.24 bits per heavy atom. The summed E-state index contributed by atoms with van der Waals surface area (Å²) in [6, 6.07) is 0. The Hall–Kier alpha value is -1.40. The molecule has 6 heteroatoms. The van der Waals surface area contributed by atoms with E-state index in [1.165, 1.54) is 0 Å². The lowest BCUT2D eigenvalue weighted by Crippen LogP contribution is -2.54. The molecule has 4 rings (SSSR count). The second-order valence-electron chi connectivity index (χ2n) is 6.74. The monoisotopic (exact) mass is 290 g/mol. The van der Waals surface area contributed by atoms with E-state index >= 15 is 0 Å². The number of rotatable bonds is 2. The molecule has 0 radical (unpaired) electrons. The van der Waals surface area contributed by atoms with E-state index in [0.717, 1.165) is 45.3 Å². The van der Waals surface area contributed by atoms with Crippen LogP contribution in [0.2, 0.25) is 0 Å². The lowest BCUT2D eigenvalue weighted by Gasteiger charge is -2.39. The van der Waals surface area contributed by atoms with Gasteiger partial charge in [-0.1, -0.05) is 0 Å². The summed E-state index contributed by atoms with van der Waals surface area (Å²) in [5.41, 5.74) is 6.14. The maximum Gasteiger partial charge on any atom is 0.291 e. The summed E-state index contributed by atoms with van der Waals surface area (Å²) in [4.78, 5) is 18.7. The molecule has 1 aromatic heterocycles. The van der Waals surface area contributed by atoms with Crippen molar-refractivity contribution in [3.8, 4) is 0 Å². The zero-order valence-corrected chi connectivity index (χ0v) is 12.2. The molecule has 114 valence electrons. The normalized spacial score (nSPS) is 32.8. The third-order valence-electron chi connectivity index (χ3n) is 5.41. The molecule has 3 fully saturated rings. The van der Waals surface area contributed by atoms with Crippen molar-refractivity contribution in [2.24, 2.45) is 11.7 Å². The highest BCUT2D eigenvalue weighted by Gasteiger charge is 2.51. The van der Waals surface area contributed by atoms with Gasteiger partial charge in [-0.3, -0.25) is 4.79 Å². The number of oxazole rings is 1. The van der Waals surface area contributed by atoms with E-state index in [-0.39, 0.29) is 11.4 Å². The number of nitrogens with one attached hydrogen (secondary N) is 1. The zero-order chi connectivity index (χ0) is 14.4. The Morgan fingerprint density at radius 3 is 2.86 bits per heavy atom. The zero-order valence-electron chi connectivity index (χ0n) is 12.2. The standard InChI is InChI=1S/C15H22N4O2/c16-15-4-1-11(15)8-19(9-15)14(20)12-7-18-13(21-12)10-2-5-17-6-3-10/h7,10-11,17H,1-6,8-9,16H2/t11-,15-/m0/s1. The molecule has 1 aliphatic carbocycles. The van der Waals surface area contributed by atoms with Crippen LogP contribution in [0, 0.1) is 5.92 Å². The molecule has 1 amide bonds. The van der Waals surface area contributed by atoms with E-state index in [4.69, 9.17) is 10.2 Å².